The molecule has 0 saturated carbocycles. The molecule has 0 spiro atoms. The minimum atomic E-state index is -0.713. The first-order valence-electron chi connectivity index (χ1n) is 6.27. The molecule has 1 amide bonds. The van der Waals surface area contributed by atoms with Crippen LogP contribution in [-0.2, 0) is 4.79 Å². The lowest BCUT2D eigenvalue weighted by Crippen LogP contribution is -2.45. The molecule has 1 aromatic rings. The average Bonchev–Trinajstić information content (AvgIpc) is 2.26. The summed E-state index contributed by atoms with van der Waals surface area (Å²) in [5.41, 5.74) is 5.95. The van der Waals surface area contributed by atoms with Crippen molar-refractivity contribution in [2.24, 2.45) is 5.73 Å². The van der Waals surface area contributed by atoms with E-state index < -0.39 is 11.6 Å². The van der Waals surface area contributed by atoms with E-state index in [-0.39, 0.29) is 36.6 Å². The number of nitrogens with zero attached hydrogens (tertiary/aromatic N) is 1. The van der Waals surface area contributed by atoms with Crippen LogP contribution in [0.25, 0.3) is 0 Å². The molecule has 1 aromatic carbocycles. The summed E-state index contributed by atoms with van der Waals surface area (Å²) < 4.78 is 25.9. The fourth-order valence-electron chi connectivity index (χ4n) is 2.26. The smallest absolute Gasteiger partial charge is 0.238 e. The number of hydrogen-bond donors (Lipinski definition) is 2. The number of hydrogen-bond acceptors (Lipinski definition) is 3. The van der Waals surface area contributed by atoms with Crippen LogP contribution in [0.1, 0.15) is 12.8 Å². The predicted molar refractivity (Wildman–Crippen MR) is 75.9 cm³/mol. The van der Waals surface area contributed by atoms with Crippen LogP contribution in [-0.4, -0.2) is 36.5 Å². The van der Waals surface area contributed by atoms with Gasteiger partial charge < -0.3 is 11.1 Å². The maximum Gasteiger partial charge on any atom is 0.238 e. The van der Waals surface area contributed by atoms with Gasteiger partial charge in [-0.05, 0) is 31.5 Å². The monoisotopic (exact) mass is 305 g/mol. The first-order chi connectivity index (χ1) is 9.02. The second-order valence-electron chi connectivity index (χ2n) is 4.84. The molecule has 7 heteroatoms. The van der Waals surface area contributed by atoms with Crippen LogP contribution < -0.4 is 11.1 Å². The Morgan fingerprint density at radius 3 is 2.60 bits per heavy atom. The second kappa shape index (κ2) is 7.52. The Hall–Kier alpha value is -1.24. The van der Waals surface area contributed by atoms with Gasteiger partial charge in [-0.25, -0.2) is 8.78 Å². The molecule has 0 aromatic heterocycles. The van der Waals surface area contributed by atoms with E-state index in [4.69, 9.17) is 5.73 Å². The van der Waals surface area contributed by atoms with Crippen LogP contribution in [0.5, 0.6) is 0 Å². The van der Waals surface area contributed by atoms with Crippen LogP contribution >= 0.6 is 12.4 Å². The molecular weight excluding hydrogens is 288 g/mol. The molecule has 1 unspecified atom stereocenters. The molecule has 1 atom stereocenters. The Morgan fingerprint density at radius 2 is 2.00 bits per heavy atom. The topological polar surface area (TPSA) is 58.4 Å². The molecule has 112 valence electrons. The van der Waals surface area contributed by atoms with Gasteiger partial charge in [0.15, 0.2) is 0 Å². The third kappa shape index (κ3) is 5.03. The fraction of sp³-hybridized carbons (Fsp3) is 0.462. The molecular formula is C13H18ClF2N3O. The van der Waals surface area contributed by atoms with Gasteiger partial charge in [0.1, 0.15) is 11.6 Å². The van der Waals surface area contributed by atoms with E-state index in [2.05, 4.69) is 5.32 Å². The van der Waals surface area contributed by atoms with Crippen molar-refractivity contribution in [1.82, 2.24) is 4.90 Å². The second-order valence-corrected chi connectivity index (χ2v) is 4.84. The van der Waals surface area contributed by atoms with Crippen molar-refractivity contribution in [3.63, 3.8) is 0 Å². The number of nitrogens with two attached hydrogens (primary N) is 1. The van der Waals surface area contributed by atoms with E-state index in [1.807, 2.05) is 4.90 Å². The van der Waals surface area contributed by atoms with E-state index in [0.29, 0.717) is 6.54 Å². The Bertz CT molecular complexity index is 453. The first-order valence-corrected chi connectivity index (χ1v) is 6.27. The van der Waals surface area contributed by atoms with Crippen molar-refractivity contribution in [2.75, 3.05) is 25.0 Å². The summed E-state index contributed by atoms with van der Waals surface area (Å²) in [6.45, 7) is 1.68. The van der Waals surface area contributed by atoms with Crippen molar-refractivity contribution < 1.29 is 13.6 Å². The lowest BCUT2D eigenvalue weighted by atomic mass is 10.1. The Morgan fingerprint density at radius 1 is 1.35 bits per heavy atom. The van der Waals surface area contributed by atoms with Crippen LogP contribution in [0.15, 0.2) is 18.2 Å². The number of halogens is 3. The van der Waals surface area contributed by atoms with Crippen molar-refractivity contribution in [2.45, 2.75) is 18.9 Å². The van der Waals surface area contributed by atoms with Gasteiger partial charge in [-0.1, -0.05) is 0 Å². The number of carbonyl (C=O) groups is 1. The van der Waals surface area contributed by atoms with Gasteiger partial charge in [0.05, 0.1) is 6.54 Å². The van der Waals surface area contributed by atoms with Crippen LogP contribution in [0.2, 0.25) is 0 Å². The molecule has 0 radical (unpaired) electrons. The maximum absolute atomic E-state index is 13.0. The standard InChI is InChI=1S/C13H17F2N3O.ClH/c14-9-4-10(15)6-12(5-9)17-13(19)8-18-3-1-2-11(16)7-18;/h4-6,11H,1-3,7-8,16H2,(H,17,19);1H. The Kier molecular flexibility index (Phi) is 6.32. The highest BCUT2D eigenvalue weighted by atomic mass is 35.5. The number of rotatable bonds is 3. The zero-order valence-corrected chi connectivity index (χ0v) is 11.8. The summed E-state index contributed by atoms with van der Waals surface area (Å²) in [5.74, 6) is -1.72. The average molecular weight is 306 g/mol. The van der Waals surface area contributed by atoms with Crippen molar-refractivity contribution >= 4 is 24.0 Å². The van der Waals surface area contributed by atoms with Gasteiger partial charge >= 0.3 is 0 Å². The number of carbonyl (C=O) groups excluding carboxylic acids is 1. The van der Waals surface area contributed by atoms with Gasteiger partial charge in [-0.3, -0.25) is 9.69 Å². The maximum atomic E-state index is 13.0. The summed E-state index contributed by atoms with van der Waals surface area (Å²) >= 11 is 0. The molecule has 1 aliphatic heterocycles. The molecule has 0 aliphatic carbocycles. The van der Waals surface area contributed by atoms with E-state index in [1.165, 1.54) is 0 Å². The zero-order valence-electron chi connectivity index (χ0n) is 10.9. The lowest BCUT2D eigenvalue weighted by molar-refractivity contribution is -0.117. The number of benzene rings is 1. The molecule has 20 heavy (non-hydrogen) atoms. The number of anilines is 1. The van der Waals surface area contributed by atoms with E-state index >= 15 is 0 Å². The number of likely N-dealkylation sites (tertiary alicyclic amines) is 1. The van der Waals surface area contributed by atoms with Crippen molar-refractivity contribution in [3.05, 3.63) is 29.8 Å². The number of piperidine rings is 1. The van der Waals surface area contributed by atoms with Gasteiger partial charge in [0, 0.05) is 24.3 Å². The van der Waals surface area contributed by atoms with E-state index in [9.17, 15) is 13.6 Å². The largest absolute Gasteiger partial charge is 0.327 e. The van der Waals surface area contributed by atoms with E-state index in [0.717, 1.165) is 37.6 Å². The summed E-state index contributed by atoms with van der Waals surface area (Å²) in [5, 5.41) is 2.48. The van der Waals surface area contributed by atoms with Gasteiger partial charge in [0.25, 0.3) is 0 Å². The highest BCUT2D eigenvalue weighted by Crippen LogP contribution is 2.13. The summed E-state index contributed by atoms with van der Waals surface area (Å²) in [4.78, 5) is 13.7. The summed E-state index contributed by atoms with van der Waals surface area (Å²) in [6.07, 6.45) is 1.93. The predicted octanol–water partition coefficient (Wildman–Crippen LogP) is 1.75. The van der Waals surface area contributed by atoms with Crippen molar-refractivity contribution in [3.8, 4) is 0 Å². The normalized spacial score (nSPS) is 19.2. The quantitative estimate of drug-likeness (QED) is 0.894. The highest BCUT2D eigenvalue weighted by Gasteiger charge is 2.18. The van der Waals surface area contributed by atoms with Gasteiger partial charge in [-0.15, -0.1) is 12.4 Å². The highest BCUT2D eigenvalue weighted by molar-refractivity contribution is 5.92. The van der Waals surface area contributed by atoms with Gasteiger partial charge in [0.2, 0.25) is 5.91 Å². The lowest BCUT2D eigenvalue weighted by Gasteiger charge is -2.29. The minimum absolute atomic E-state index is 0. The summed E-state index contributed by atoms with van der Waals surface area (Å²) in [6, 6.07) is 3.03. The van der Waals surface area contributed by atoms with Gasteiger partial charge in [-0.2, -0.15) is 0 Å². The molecule has 1 fully saturated rings. The zero-order chi connectivity index (χ0) is 13.8. The van der Waals surface area contributed by atoms with Crippen LogP contribution in [0.4, 0.5) is 14.5 Å². The third-order valence-corrected chi connectivity index (χ3v) is 3.06. The molecule has 1 aliphatic rings. The number of amides is 1. The minimum Gasteiger partial charge on any atom is -0.327 e. The van der Waals surface area contributed by atoms with E-state index in [1.54, 1.807) is 0 Å². The number of nitrogens with one attached hydrogen (secondary N) is 1. The fourth-order valence-corrected chi connectivity index (χ4v) is 2.26. The third-order valence-electron chi connectivity index (χ3n) is 3.06. The Labute approximate surface area is 122 Å². The molecule has 3 N–H and O–H groups in total. The molecule has 4 nitrogen and oxygen atoms in total. The Balaban J connectivity index is 0.00000200. The van der Waals surface area contributed by atoms with Crippen LogP contribution in [0, 0.1) is 11.6 Å². The molecule has 0 bridgehead atoms. The van der Waals surface area contributed by atoms with Crippen LogP contribution in [0.3, 0.4) is 0 Å². The first kappa shape index (κ1) is 16.8. The molecule has 2 rings (SSSR count). The molecule has 1 heterocycles. The summed E-state index contributed by atoms with van der Waals surface area (Å²) in [7, 11) is 0. The SMILES string of the molecule is Cl.NC1CCCN(CC(=O)Nc2cc(F)cc(F)c2)C1. The molecule has 1 saturated heterocycles. The van der Waals surface area contributed by atoms with Crippen molar-refractivity contribution in [1.29, 1.82) is 0 Å².